The lowest BCUT2D eigenvalue weighted by molar-refractivity contribution is 0.0531. The summed E-state index contributed by atoms with van der Waals surface area (Å²) in [5.41, 5.74) is 7.82. The van der Waals surface area contributed by atoms with Gasteiger partial charge < -0.3 is 15.0 Å². The van der Waals surface area contributed by atoms with Crippen molar-refractivity contribution in [2.24, 2.45) is 0 Å². The van der Waals surface area contributed by atoms with Crippen LogP contribution in [-0.4, -0.2) is 27.2 Å². The Bertz CT molecular complexity index is 561. The number of nitrogens with zero attached hydrogens (tertiary/aromatic N) is 3. The fourth-order valence-electron chi connectivity index (χ4n) is 2.72. The molecule has 1 aliphatic carbocycles. The molecule has 1 fully saturated rings. The maximum absolute atomic E-state index is 5.91. The van der Waals surface area contributed by atoms with Crippen molar-refractivity contribution < 1.29 is 4.74 Å². The Morgan fingerprint density at radius 1 is 1.35 bits per heavy atom. The summed E-state index contributed by atoms with van der Waals surface area (Å²) >= 11 is 0. The van der Waals surface area contributed by atoms with E-state index in [9.17, 15) is 0 Å². The van der Waals surface area contributed by atoms with Crippen molar-refractivity contribution in [1.29, 1.82) is 0 Å². The van der Waals surface area contributed by atoms with Gasteiger partial charge in [0.25, 0.3) is 0 Å². The Labute approximate surface area is 118 Å². The van der Waals surface area contributed by atoms with Crippen molar-refractivity contribution in [2.45, 2.75) is 38.3 Å². The number of pyridine rings is 1. The Hall–Kier alpha value is -1.88. The summed E-state index contributed by atoms with van der Waals surface area (Å²) in [6.07, 6.45) is 10.9. The van der Waals surface area contributed by atoms with E-state index in [-0.39, 0.29) is 0 Å². The molecule has 3 rings (SSSR count). The van der Waals surface area contributed by atoms with Crippen LogP contribution < -0.4 is 5.73 Å². The van der Waals surface area contributed by atoms with Crippen LogP contribution in [0.5, 0.6) is 0 Å². The zero-order chi connectivity index (χ0) is 13.8. The Balaban J connectivity index is 1.64. The van der Waals surface area contributed by atoms with Gasteiger partial charge in [0, 0.05) is 18.3 Å². The fourth-order valence-corrected chi connectivity index (χ4v) is 2.72. The highest BCUT2D eigenvalue weighted by atomic mass is 16.5. The molecule has 2 aromatic heterocycles. The lowest BCUT2D eigenvalue weighted by atomic mass is 10.2. The molecule has 106 valence electrons. The Morgan fingerprint density at radius 3 is 3.00 bits per heavy atom. The first kappa shape index (κ1) is 13.1. The average Bonchev–Trinajstić information content (AvgIpc) is 3.10. The first-order chi connectivity index (χ1) is 9.83. The molecule has 20 heavy (non-hydrogen) atoms. The van der Waals surface area contributed by atoms with Gasteiger partial charge in [0.1, 0.15) is 5.82 Å². The molecular weight excluding hydrogens is 252 g/mol. The molecule has 0 saturated heterocycles. The van der Waals surface area contributed by atoms with Gasteiger partial charge in [0.15, 0.2) is 0 Å². The second-order valence-corrected chi connectivity index (χ2v) is 5.22. The van der Waals surface area contributed by atoms with Gasteiger partial charge >= 0.3 is 0 Å². The van der Waals surface area contributed by atoms with Crippen LogP contribution in [0.3, 0.4) is 0 Å². The number of imidazole rings is 1. The van der Waals surface area contributed by atoms with Gasteiger partial charge in [-0.05, 0) is 25.0 Å². The van der Waals surface area contributed by atoms with E-state index in [4.69, 9.17) is 10.5 Å². The van der Waals surface area contributed by atoms with Crippen LogP contribution in [0.2, 0.25) is 0 Å². The molecule has 0 aromatic carbocycles. The van der Waals surface area contributed by atoms with E-state index in [0.717, 1.165) is 24.4 Å². The lowest BCUT2D eigenvalue weighted by Crippen LogP contribution is -2.13. The quantitative estimate of drug-likeness (QED) is 0.908. The fraction of sp³-hybridized carbons (Fsp3) is 0.467. The minimum atomic E-state index is 0.457. The molecule has 0 radical (unpaired) electrons. The summed E-state index contributed by atoms with van der Waals surface area (Å²) in [5.74, 6) is 0.525. The number of aromatic nitrogens is 3. The van der Waals surface area contributed by atoms with Crippen molar-refractivity contribution in [3.63, 3.8) is 0 Å². The predicted octanol–water partition coefficient (Wildman–Crippen LogP) is 2.49. The summed E-state index contributed by atoms with van der Waals surface area (Å²) < 4.78 is 8.01. The Kier molecular flexibility index (Phi) is 3.97. The molecular formula is C15H20N4O. The van der Waals surface area contributed by atoms with Crippen LogP contribution in [0, 0.1) is 0 Å². The molecule has 2 aromatic rings. The summed E-state index contributed by atoms with van der Waals surface area (Å²) in [6, 6.07) is 3.81. The van der Waals surface area contributed by atoms with Gasteiger partial charge in [-0.1, -0.05) is 12.8 Å². The number of anilines is 1. The molecule has 1 aliphatic rings. The number of hydrogen-bond acceptors (Lipinski definition) is 4. The Morgan fingerprint density at radius 2 is 2.20 bits per heavy atom. The number of nitrogens with two attached hydrogens (primary N) is 1. The number of ether oxygens (including phenoxy) is 1. The largest absolute Gasteiger partial charge is 0.384 e. The molecule has 2 N–H and O–H groups in total. The SMILES string of the molecule is Nc1cc(-c2cncn2CCOC2CCCC2)ccn1. The van der Waals surface area contributed by atoms with Gasteiger partial charge in [0.2, 0.25) is 0 Å². The third-order valence-electron chi connectivity index (χ3n) is 3.78. The molecule has 0 bridgehead atoms. The highest BCUT2D eigenvalue weighted by Gasteiger charge is 2.15. The van der Waals surface area contributed by atoms with E-state index in [1.54, 1.807) is 6.20 Å². The monoisotopic (exact) mass is 272 g/mol. The van der Waals surface area contributed by atoms with Crippen LogP contribution in [-0.2, 0) is 11.3 Å². The van der Waals surface area contributed by atoms with Crippen LogP contribution in [0.1, 0.15) is 25.7 Å². The van der Waals surface area contributed by atoms with Gasteiger partial charge in [-0.2, -0.15) is 0 Å². The summed E-state index contributed by atoms with van der Waals surface area (Å²) in [7, 11) is 0. The molecule has 5 nitrogen and oxygen atoms in total. The molecule has 1 saturated carbocycles. The normalized spacial score (nSPS) is 15.8. The van der Waals surface area contributed by atoms with Crippen molar-refractivity contribution >= 4 is 5.82 Å². The number of hydrogen-bond donors (Lipinski definition) is 1. The molecule has 2 heterocycles. The van der Waals surface area contributed by atoms with E-state index >= 15 is 0 Å². The van der Waals surface area contributed by atoms with Gasteiger partial charge in [-0.3, -0.25) is 0 Å². The second-order valence-electron chi connectivity index (χ2n) is 5.22. The third-order valence-corrected chi connectivity index (χ3v) is 3.78. The average molecular weight is 272 g/mol. The first-order valence-electron chi connectivity index (χ1n) is 7.16. The van der Waals surface area contributed by atoms with E-state index in [1.807, 2.05) is 24.7 Å². The van der Waals surface area contributed by atoms with Crippen LogP contribution >= 0.6 is 0 Å². The van der Waals surface area contributed by atoms with E-state index in [0.29, 0.717) is 11.9 Å². The molecule has 0 unspecified atom stereocenters. The number of rotatable bonds is 5. The first-order valence-corrected chi connectivity index (χ1v) is 7.16. The van der Waals surface area contributed by atoms with E-state index in [2.05, 4.69) is 14.5 Å². The van der Waals surface area contributed by atoms with Crippen molar-refractivity contribution in [1.82, 2.24) is 14.5 Å². The zero-order valence-corrected chi connectivity index (χ0v) is 11.5. The molecule has 0 aliphatic heterocycles. The van der Waals surface area contributed by atoms with Crippen molar-refractivity contribution in [3.8, 4) is 11.3 Å². The summed E-state index contributed by atoms with van der Waals surface area (Å²) in [4.78, 5) is 8.24. The highest BCUT2D eigenvalue weighted by molar-refractivity contribution is 5.61. The van der Waals surface area contributed by atoms with E-state index in [1.165, 1.54) is 25.7 Å². The summed E-state index contributed by atoms with van der Waals surface area (Å²) in [5, 5.41) is 0. The smallest absolute Gasteiger partial charge is 0.123 e. The minimum Gasteiger partial charge on any atom is -0.384 e. The number of nitrogen functional groups attached to an aromatic ring is 1. The standard InChI is InChI=1S/C15H20N4O/c16-15-9-12(5-6-18-15)14-10-17-11-19(14)7-8-20-13-3-1-2-4-13/h5-6,9-11,13H,1-4,7-8H2,(H2,16,18). The topological polar surface area (TPSA) is 66.0 Å². The third kappa shape index (κ3) is 2.99. The molecule has 0 atom stereocenters. The van der Waals surface area contributed by atoms with Gasteiger partial charge in [0.05, 0.1) is 30.9 Å². The second kappa shape index (κ2) is 6.05. The van der Waals surface area contributed by atoms with Crippen LogP contribution in [0.4, 0.5) is 5.82 Å². The van der Waals surface area contributed by atoms with Gasteiger partial charge in [-0.15, -0.1) is 0 Å². The van der Waals surface area contributed by atoms with Gasteiger partial charge in [-0.25, -0.2) is 9.97 Å². The molecule has 0 spiro atoms. The maximum Gasteiger partial charge on any atom is 0.123 e. The minimum absolute atomic E-state index is 0.457. The summed E-state index contributed by atoms with van der Waals surface area (Å²) in [6.45, 7) is 1.54. The zero-order valence-electron chi connectivity index (χ0n) is 11.5. The molecule has 0 amide bonds. The predicted molar refractivity (Wildman–Crippen MR) is 78.1 cm³/mol. The highest BCUT2D eigenvalue weighted by Crippen LogP contribution is 2.22. The molecule has 5 heteroatoms. The maximum atomic E-state index is 5.91. The van der Waals surface area contributed by atoms with E-state index < -0.39 is 0 Å². The van der Waals surface area contributed by atoms with Crippen LogP contribution in [0.25, 0.3) is 11.3 Å². The van der Waals surface area contributed by atoms with Crippen molar-refractivity contribution in [3.05, 3.63) is 30.9 Å². The van der Waals surface area contributed by atoms with Crippen LogP contribution in [0.15, 0.2) is 30.9 Å². The lowest BCUT2D eigenvalue weighted by Gasteiger charge is -2.13. The van der Waals surface area contributed by atoms with Crippen molar-refractivity contribution in [2.75, 3.05) is 12.3 Å².